The highest BCUT2D eigenvalue weighted by Gasteiger charge is 2.21. The molecule has 0 radical (unpaired) electrons. The number of carbonyl (C=O) groups is 1. The standard InChI is InChI=1S/C22H23N3O3/c1-3-19(28-20(26)8-9-23)16-11-18-21-15(12-25(18)22(27)13(16)2)10-14-6-4-5-7-17(14)24-21/h4-5,7,10-12,19H,3,6,8-9,23H2,1-2H3. The van der Waals surface area contributed by atoms with Crippen LogP contribution in [0.5, 0.6) is 0 Å². The summed E-state index contributed by atoms with van der Waals surface area (Å²) in [6.45, 7) is 3.95. The molecule has 4 rings (SSSR count). The number of ether oxygens (including phenoxy) is 1. The Balaban J connectivity index is 1.92. The van der Waals surface area contributed by atoms with E-state index in [9.17, 15) is 9.59 Å². The fourth-order valence-electron chi connectivity index (χ4n) is 3.78. The molecule has 6 heteroatoms. The van der Waals surface area contributed by atoms with Crippen LogP contribution < -0.4 is 16.6 Å². The molecule has 0 saturated carbocycles. The topological polar surface area (TPSA) is 86.7 Å². The molecule has 0 aromatic carbocycles. The molecule has 1 atom stereocenters. The van der Waals surface area contributed by atoms with Crippen molar-refractivity contribution < 1.29 is 9.53 Å². The fourth-order valence-corrected chi connectivity index (χ4v) is 3.78. The van der Waals surface area contributed by atoms with Crippen molar-refractivity contribution in [2.45, 2.75) is 39.2 Å². The van der Waals surface area contributed by atoms with Crippen LogP contribution >= 0.6 is 0 Å². The van der Waals surface area contributed by atoms with E-state index in [1.165, 1.54) is 0 Å². The molecule has 28 heavy (non-hydrogen) atoms. The van der Waals surface area contributed by atoms with Crippen molar-refractivity contribution in [3.05, 3.63) is 62.9 Å². The van der Waals surface area contributed by atoms with Gasteiger partial charge in [0.1, 0.15) is 6.10 Å². The van der Waals surface area contributed by atoms with E-state index in [4.69, 9.17) is 15.5 Å². The molecule has 0 saturated heterocycles. The van der Waals surface area contributed by atoms with Gasteiger partial charge in [-0.15, -0.1) is 0 Å². The molecular formula is C22H23N3O3. The lowest BCUT2D eigenvalue weighted by molar-refractivity contribution is -0.149. The number of hydrogen-bond acceptors (Lipinski definition) is 5. The molecule has 2 N–H and O–H groups in total. The Labute approximate surface area is 162 Å². The van der Waals surface area contributed by atoms with Crippen molar-refractivity contribution in [1.82, 2.24) is 9.38 Å². The van der Waals surface area contributed by atoms with E-state index in [2.05, 4.69) is 12.1 Å². The molecule has 0 amide bonds. The minimum absolute atomic E-state index is 0.112. The average Bonchev–Trinajstić information content (AvgIpc) is 3.05. The lowest BCUT2D eigenvalue weighted by Crippen LogP contribution is -2.21. The normalized spacial score (nSPS) is 14.1. The van der Waals surface area contributed by atoms with Crippen LogP contribution in [0.2, 0.25) is 0 Å². The van der Waals surface area contributed by atoms with E-state index in [1.54, 1.807) is 11.3 Å². The highest BCUT2D eigenvalue weighted by atomic mass is 16.5. The molecule has 1 aliphatic carbocycles. The van der Waals surface area contributed by atoms with E-state index < -0.39 is 6.10 Å². The predicted molar refractivity (Wildman–Crippen MR) is 109 cm³/mol. The summed E-state index contributed by atoms with van der Waals surface area (Å²) in [5.41, 5.74) is 9.32. The number of carbonyl (C=O) groups excluding carboxylic acids is 1. The first-order valence-electron chi connectivity index (χ1n) is 9.58. The number of fused-ring (bicyclic) bond motifs is 4. The van der Waals surface area contributed by atoms with Gasteiger partial charge in [-0.25, -0.2) is 4.98 Å². The van der Waals surface area contributed by atoms with E-state index >= 15 is 0 Å². The summed E-state index contributed by atoms with van der Waals surface area (Å²) >= 11 is 0. The zero-order valence-electron chi connectivity index (χ0n) is 16.1. The van der Waals surface area contributed by atoms with Crippen LogP contribution in [-0.4, -0.2) is 21.9 Å². The van der Waals surface area contributed by atoms with Gasteiger partial charge >= 0.3 is 5.97 Å². The van der Waals surface area contributed by atoms with Gasteiger partial charge < -0.3 is 10.5 Å². The maximum Gasteiger partial charge on any atom is 0.307 e. The summed E-state index contributed by atoms with van der Waals surface area (Å²) in [5.74, 6) is -0.352. The minimum atomic E-state index is -0.478. The van der Waals surface area contributed by atoms with Crippen LogP contribution in [0.15, 0.2) is 35.3 Å². The van der Waals surface area contributed by atoms with Crippen LogP contribution in [0.4, 0.5) is 0 Å². The number of aromatic nitrogens is 2. The monoisotopic (exact) mass is 377 g/mol. The smallest absolute Gasteiger partial charge is 0.307 e. The van der Waals surface area contributed by atoms with Crippen LogP contribution in [-0.2, 0) is 16.0 Å². The Morgan fingerprint density at radius 2 is 2.21 bits per heavy atom. The molecular weight excluding hydrogens is 354 g/mol. The summed E-state index contributed by atoms with van der Waals surface area (Å²) < 4.78 is 7.23. The fraction of sp³-hybridized carbons (Fsp3) is 0.318. The zero-order chi connectivity index (χ0) is 19.8. The quantitative estimate of drug-likeness (QED) is 0.688. The molecule has 0 aliphatic heterocycles. The third-order valence-corrected chi connectivity index (χ3v) is 5.27. The van der Waals surface area contributed by atoms with E-state index in [-0.39, 0.29) is 24.5 Å². The van der Waals surface area contributed by atoms with Crippen molar-refractivity contribution in [1.29, 1.82) is 0 Å². The number of hydrogen-bond donors (Lipinski definition) is 1. The molecule has 144 valence electrons. The average molecular weight is 377 g/mol. The van der Waals surface area contributed by atoms with Crippen LogP contribution in [0.1, 0.15) is 42.6 Å². The van der Waals surface area contributed by atoms with Crippen molar-refractivity contribution >= 4 is 28.5 Å². The van der Waals surface area contributed by atoms with Crippen LogP contribution in [0.25, 0.3) is 22.5 Å². The molecule has 3 heterocycles. The number of nitrogens with two attached hydrogens (primary N) is 1. The van der Waals surface area contributed by atoms with Gasteiger partial charge in [0.2, 0.25) is 0 Å². The molecule has 3 aromatic rings. The molecule has 0 fully saturated rings. The van der Waals surface area contributed by atoms with E-state index in [1.807, 2.05) is 31.3 Å². The molecule has 0 bridgehead atoms. The summed E-state index contributed by atoms with van der Waals surface area (Å²) in [4.78, 5) is 29.8. The summed E-state index contributed by atoms with van der Waals surface area (Å²) in [7, 11) is 0. The van der Waals surface area contributed by atoms with Crippen molar-refractivity contribution in [3.63, 3.8) is 0 Å². The third-order valence-electron chi connectivity index (χ3n) is 5.27. The highest BCUT2D eigenvalue weighted by molar-refractivity contribution is 5.94. The second kappa shape index (κ2) is 7.20. The first-order valence-corrected chi connectivity index (χ1v) is 9.58. The predicted octanol–water partition coefficient (Wildman–Crippen LogP) is 2.11. The lowest BCUT2D eigenvalue weighted by atomic mass is 10.0. The lowest BCUT2D eigenvalue weighted by Gasteiger charge is -2.18. The van der Waals surface area contributed by atoms with E-state index in [0.29, 0.717) is 12.0 Å². The molecule has 6 nitrogen and oxygen atoms in total. The number of esters is 1. The maximum absolute atomic E-state index is 13.0. The summed E-state index contributed by atoms with van der Waals surface area (Å²) in [5, 5.41) is 1.86. The number of rotatable bonds is 5. The largest absolute Gasteiger partial charge is 0.457 e. The SMILES string of the molecule is CCC(OC(=O)CCN)c1cc2c3nc4c(cc3cn2c(=O)c1C)CC=CC=4. The Hall–Kier alpha value is -2.99. The summed E-state index contributed by atoms with van der Waals surface area (Å²) in [6, 6.07) is 4.03. The van der Waals surface area contributed by atoms with Crippen LogP contribution in [0, 0.1) is 6.92 Å². The minimum Gasteiger partial charge on any atom is -0.457 e. The first kappa shape index (κ1) is 18.4. The van der Waals surface area contributed by atoms with Gasteiger partial charge in [0.15, 0.2) is 0 Å². The Kier molecular flexibility index (Phi) is 4.73. The second-order valence-electron chi connectivity index (χ2n) is 7.11. The third kappa shape index (κ3) is 2.99. The number of allylic oxidation sites excluding steroid dienone is 2. The molecule has 3 aromatic heterocycles. The number of pyridine rings is 2. The van der Waals surface area contributed by atoms with Crippen LogP contribution in [0.3, 0.4) is 0 Å². The zero-order valence-corrected chi connectivity index (χ0v) is 16.1. The molecule has 0 spiro atoms. The second-order valence-corrected chi connectivity index (χ2v) is 7.11. The van der Waals surface area contributed by atoms with Gasteiger partial charge in [-0.1, -0.05) is 19.1 Å². The Bertz CT molecular complexity index is 1220. The molecule has 1 aliphatic rings. The number of nitrogens with zero attached hydrogens (tertiary/aromatic N) is 2. The van der Waals surface area contributed by atoms with Gasteiger partial charge in [0.25, 0.3) is 5.56 Å². The van der Waals surface area contributed by atoms with Gasteiger partial charge in [-0.2, -0.15) is 0 Å². The van der Waals surface area contributed by atoms with Gasteiger partial charge in [0.05, 0.1) is 22.8 Å². The Morgan fingerprint density at radius 1 is 1.39 bits per heavy atom. The maximum atomic E-state index is 13.0. The van der Waals surface area contributed by atoms with Crippen molar-refractivity contribution in [3.8, 4) is 0 Å². The molecule has 1 unspecified atom stereocenters. The highest BCUT2D eigenvalue weighted by Crippen LogP contribution is 2.28. The van der Waals surface area contributed by atoms with E-state index in [0.717, 1.165) is 39.3 Å². The van der Waals surface area contributed by atoms with Crippen molar-refractivity contribution in [2.75, 3.05) is 6.54 Å². The van der Waals surface area contributed by atoms with Gasteiger partial charge in [-0.3, -0.25) is 14.0 Å². The Morgan fingerprint density at radius 3 is 2.96 bits per heavy atom. The van der Waals surface area contributed by atoms with Gasteiger partial charge in [-0.05, 0) is 43.5 Å². The summed E-state index contributed by atoms with van der Waals surface area (Å²) in [6.07, 6.45) is 9.01. The van der Waals surface area contributed by atoms with Gasteiger partial charge in [0, 0.05) is 29.3 Å². The first-order chi connectivity index (χ1) is 13.5. The van der Waals surface area contributed by atoms with Crippen molar-refractivity contribution in [2.24, 2.45) is 5.73 Å².